The van der Waals surface area contributed by atoms with Crippen molar-refractivity contribution in [3.63, 3.8) is 0 Å². The first-order chi connectivity index (χ1) is 12.9. The van der Waals surface area contributed by atoms with Crippen LogP contribution in [0.3, 0.4) is 0 Å². The minimum absolute atomic E-state index is 0.00151. The molecular weight excluding hydrogens is 350 g/mol. The Labute approximate surface area is 155 Å². The fraction of sp³-hybridized carbons (Fsp3) is 0.300. The Balaban J connectivity index is 1.77. The number of halogens is 2. The van der Waals surface area contributed by atoms with Crippen LogP contribution >= 0.6 is 0 Å². The number of hydrogen-bond acceptors (Lipinski definition) is 3. The van der Waals surface area contributed by atoms with E-state index in [1.165, 1.54) is 16.8 Å². The number of hydrogen-bond donors (Lipinski definition) is 2. The van der Waals surface area contributed by atoms with Crippen LogP contribution in [0.1, 0.15) is 35.7 Å². The Kier molecular flexibility index (Phi) is 4.19. The molecule has 1 fully saturated rings. The van der Waals surface area contributed by atoms with E-state index >= 15 is 0 Å². The number of nitrogens with zero attached hydrogens (tertiary/aromatic N) is 2. The van der Waals surface area contributed by atoms with E-state index in [-0.39, 0.29) is 22.3 Å². The van der Waals surface area contributed by atoms with Crippen molar-refractivity contribution in [3.8, 4) is 5.69 Å². The molecular formula is C20H20F2N4O. The molecule has 3 aromatic rings. The minimum atomic E-state index is -0.760. The van der Waals surface area contributed by atoms with Crippen molar-refractivity contribution in [1.29, 1.82) is 0 Å². The lowest BCUT2D eigenvalue weighted by Gasteiger charge is -2.35. The fourth-order valence-electron chi connectivity index (χ4n) is 3.84. The summed E-state index contributed by atoms with van der Waals surface area (Å²) in [5, 5.41) is 8.07. The largest absolute Gasteiger partial charge is 0.366 e. The average Bonchev–Trinajstić information content (AvgIpc) is 3.05. The van der Waals surface area contributed by atoms with Gasteiger partial charge in [-0.1, -0.05) is 13.0 Å². The van der Waals surface area contributed by atoms with Gasteiger partial charge in [-0.15, -0.1) is 0 Å². The van der Waals surface area contributed by atoms with E-state index in [0.29, 0.717) is 16.6 Å². The zero-order valence-electron chi connectivity index (χ0n) is 14.9. The van der Waals surface area contributed by atoms with Crippen LogP contribution in [-0.4, -0.2) is 28.8 Å². The van der Waals surface area contributed by atoms with E-state index in [0.717, 1.165) is 32.0 Å². The summed E-state index contributed by atoms with van der Waals surface area (Å²) in [7, 11) is 0. The first-order valence-electron chi connectivity index (χ1n) is 8.87. The van der Waals surface area contributed by atoms with Gasteiger partial charge in [0.1, 0.15) is 17.2 Å². The highest BCUT2D eigenvalue weighted by molar-refractivity contribution is 6.04. The SMILES string of the molecule is CC1(c2ccc(-n3cc4cc(F)cc(C(N)=O)c4n3)cc2F)CCCNC1. The summed E-state index contributed by atoms with van der Waals surface area (Å²) < 4.78 is 30.0. The lowest BCUT2D eigenvalue weighted by Crippen LogP contribution is -2.41. The molecule has 1 aliphatic rings. The van der Waals surface area contributed by atoms with Crippen molar-refractivity contribution in [1.82, 2.24) is 15.1 Å². The number of carbonyl (C=O) groups excluding carboxylic acids is 1. The Bertz CT molecular complexity index is 1040. The molecule has 4 rings (SSSR count). The van der Waals surface area contributed by atoms with Gasteiger partial charge in [-0.25, -0.2) is 13.5 Å². The standard InChI is InChI=1S/C20H20F2N4O/c1-20(5-2-6-24-11-20)16-4-3-14(9-17(16)22)26-10-12-7-13(21)8-15(19(23)27)18(12)25-26/h3-4,7-10,24H,2,5-6,11H2,1H3,(H2,23,27). The molecule has 2 aromatic carbocycles. The molecule has 0 aliphatic carbocycles. The Morgan fingerprint density at radius 3 is 2.78 bits per heavy atom. The summed E-state index contributed by atoms with van der Waals surface area (Å²) in [4.78, 5) is 11.6. The van der Waals surface area contributed by atoms with Crippen molar-refractivity contribution in [2.45, 2.75) is 25.2 Å². The van der Waals surface area contributed by atoms with Gasteiger partial charge in [-0.3, -0.25) is 4.79 Å². The number of benzene rings is 2. The summed E-state index contributed by atoms with van der Waals surface area (Å²) in [6, 6.07) is 7.30. The first-order valence-corrected chi connectivity index (χ1v) is 8.87. The Morgan fingerprint density at radius 1 is 1.30 bits per heavy atom. The van der Waals surface area contributed by atoms with Crippen molar-refractivity contribution in [3.05, 3.63) is 59.3 Å². The van der Waals surface area contributed by atoms with Gasteiger partial charge in [0.25, 0.3) is 5.91 Å². The van der Waals surface area contributed by atoms with Crippen LogP contribution < -0.4 is 11.1 Å². The number of fused-ring (bicyclic) bond motifs is 1. The van der Waals surface area contributed by atoms with Crippen molar-refractivity contribution in [2.75, 3.05) is 13.1 Å². The van der Waals surface area contributed by atoms with Crippen molar-refractivity contribution in [2.24, 2.45) is 5.73 Å². The molecule has 5 nitrogen and oxygen atoms in total. The van der Waals surface area contributed by atoms with E-state index in [9.17, 15) is 13.6 Å². The Hall–Kier alpha value is -2.80. The second kappa shape index (κ2) is 6.42. The van der Waals surface area contributed by atoms with Gasteiger partial charge in [0, 0.05) is 23.5 Å². The highest BCUT2D eigenvalue weighted by atomic mass is 19.1. The number of rotatable bonds is 3. The molecule has 0 radical (unpaired) electrons. The molecule has 1 saturated heterocycles. The van der Waals surface area contributed by atoms with Crippen LogP contribution in [0, 0.1) is 11.6 Å². The van der Waals surface area contributed by atoms with Crippen LogP contribution in [0.4, 0.5) is 8.78 Å². The molecule has 3 N–H and O–H groups in total. The first kappa shape index (κ1) is 17.6. The molecule has 0 spiro atoms. The third-order valence-corrected chi connectivity index (χ3v) is 5.30. The molecule has 1 aromatic heterocycles. The van der Waals surface area contributed by atoms with Crippen LogP contribution in [0.5, 0.6) is 0 Å². The zero-order valence-corrected chi connectivity index (χ0v) is 14.9. The van der Waals surface area contributed by atoms with Gasteiger partial charge in [0.05, 0.1) is 11.3 Å². The van der Waals surface area contributed by atoms with Crippen LogP contribution in [-0.2, 0) is 5.41 Å². The maximum Gasteiger partial charge on any atom is 0.251 e. The second-order valence-corrected chi connectivity index (χ2v) is 7.33. The quantitative estimate of drug-likeness (QED) is 0.744. The molecule has 7 heteroatoms. The van der Waals surface area contributed by atoms with Gasteiger partial charge in [-0.2, -0.15) is 5.10 Å². The van der Waals surface area contributed by atoms with Gasteiger partial charge < -0.3 is 11.1 Å². The normalized spacial score (nSPS) is 20.1. The molecule has 27 heavy (non-hydrogen) atoms. The van der Waals surface area contributed by atoms with E-state index in [2.05, 4.69) is 17.3 Å². The zero-order chi connectivity index (χ0) is 19.2. The number of piperidine rings is 1. The Morgan fingerprint density at radius 2 is 2.11 bits per heavy atom. The van der Waals surface area contributed by atoms with Gasteiger partial charge >= 0.3 is 0 Å². The molecule has 1 atom stereocenters. The second-order valence-electron chi connectivity index (χ2n) is 7.33. The number of amides is 1. The third-order valence-electron chi connectivity index (χ3n) is 5.30. The highest BCUT2D eigenvalue weighted by Gasteiger charge is 2.31. The van der Waals surface area contributed by atoms with Crippen LogP contribution in [0.25, 0.3) is 16.6 Å². The predicted molar refractivity (Wildman–Crippen MR) is 99.0 cm³/mol. The van der Waals surface area contributed by atoms with E-state index < -0.39 is 11.7 Å². The molecule has 2 heterocycles. The van der Waals surface area contributed by atoms with Crippen molar-refractivity contribution >= 4 is 16.8 Å². The maximum absolute atomic E-state index is 14.9. The summed E-state index contributed by atoms with van der Waals surface area (Å²) in [5.74, 6) is -1.64. The minimum Gasteiger partial charge on any atom is -0.366 e. The molecule has 1 unspecified atom stereocenters. The number of aromatic nitrogens is 2. The molecule has 1 aliphatic heterocycles. The number of nitrogens with two attached hydrogens (primary N) is 1. The lowest BCUT2D eigenvalue weighted by atomic mass is 9.76. The van der Waals surface area contributed by atoms with Crippen molar-refractivity contribution < 1.29 is 13.6 Å². The summed E-state index contributed by atoms with van der Waals surface area (Å²) in [6.07, 6.45) is 3.48. The molecule has 0 saturated carbocycles. The number of carbonyl (C=O) groups is 1. The lowest BCUT2D eigenvalue weighted by molar-refractivity contribution is 0.100. The highest BCUT2D eigenvalue weighted by Crippen LogP contribution is 2.33. The van der Waals surface area contributed by atoms with Crippen LogP contribution in [0.15, 0.2) is 36.5 Å². The topological polar surface area (TPSA) is 72.9 Å². The van der Waals surface area contributed by atoms with Gasteiger partial charge in [0.2, 0.25) is 0 Å². The molecule has 140 valence electrons. The maximum atomic E-state index is 14.9. The monoisotopic (exact) mass is 370 g/mol. The van der Waals surface area contributed by atoms with E-state index in [4.69, 9.17) is 5.73 Å². The summed E-state index contributed by atoms with van der Waals surface area (Å²) in [5.41, 5.74) is 6.52. The summed E-state index contributed by atoms with van der Waals surface area (Å²) >= 11 is 0. The average molecular weight is 370 g/mol. The van der Waals surface area contributed by atoms with Crippen LogP contribution in [0.2, 0.25) is 0 Å². The number of nitrogens with one attached hydrogen (secondary N) is 1. The molecule has 1 amide bonds. The van der Waals surface area contributed by atoms with E-state index in [1.54, 1.807) is 18.3 Å². The van der Waals surface area contributed by atoms with Gasteiger partial charge in [0.15, 0.2) is 0 Å². The third kappa shape index (κ3) is 3.08. The predicted octanol–water partition coefficient (Wildman–Crippen LogP) is 3.04. The van der Waals surface area contributed by atoms with E-state index in [1.807, 2.05) is 0 Å². The smallest absolute Gasteiger partial charge is 0.251 e. The summed E-state index contributed by atoms with van der Waals surface area (Å²) in [6.45, 7) is 3.74. The number of primary amides is 1. The van der Waals surface area contributed by atoms with Gasteiger partial charge in [-0.05, 0) is 49.2 Å². The fourth-order valence-corrected chi connectivity index (χ4v) is 3.84. The molecule has 0 bridgehead atoms.